The predicted octanol–water partition coefficient (Wildman–Crippen LogP) is 1.56. The fourth-order valence-electron chi connectivity index (χ4n) is 2.23. The third kappa shape index (κ3) is 1.80. The molecule has 2 nitrogen and oxygen atoms in total. The van der Waals surface area contributed by atoms with Gasteiger partial charge in [0.25, 0.3) is 0 Å². The summed E-state index contributed by atoms with van der Waals surface area (Å²) < 4.78 is 5.47. The molecular formula is C10H19NO. The van der Waals surface area contributed by atoms with Crippen LogP contribution < -0.4 is 5.32 Å². The molecule has 1 heterocycles. The normalized spacial score (nSPS) is 33.2. The third-order valence-corrected chi connectivity index (χ3v) is 3.32. The quantitative estimate of drug-likeness (QED) is 0.692. The third-order valence-electron chi connectivity index (χ3n) is 3.32. The van der Waals surface area contributed by atoms with Gasteiger partial charge in [0.2, 0.25) is 0 Å². The van der Waals surface area contributed by atoms with Crippen molar-refractivity contribution in [3.63, 3.8) is 0 Å². The van der Waals surface area contributed by atoms with Crippen LogP contribution in [0.5, 0.6) is 0 Å². The molecule has 70 valence electrons. The van der Waals surface area contributed by atoms with E-state index in [0.29, 0.717) is 5.54 Å². The molecule has 0 aromatic rings. The average Bonchev–Trinajstić information content (AvgIpc) is 2.88. The first-order chi connectivity index (χ1) is 5.85. The lowest BCUT2D eigenvalue weighted by molar-refractivity contribution is 0.0465. The van der Waals surface area contributed by atoms with E-state index in [4.69, 9.17) is 4.74 Å². The highest BCUT2D eigenvalue weighted by atomic mass is 16.5. The number of nitrogens with one attached hydrogen (secondary N) is 1. The van der Waals surface area contributed by atoms with E-state index < -0.39 is 0 Å². The highest BCUT2D eigenvalue weighted by Gasteiger charge is 2.42. The molecule has 2 aliphatic rings. The Bertz CT molecular complexity index is 148. The van der Waals surface area contributed by atoms with E-state index in [1.807, 2.05) is 0 Å². The Morgan fingerprint density at radius 1 is 1.50 bits per heavy atom. The van der Waals surface area contributed by atoms with Gasteiger partial charge in [-0.15, -0.1) is 0 Å². The van der Waals surface area contributed by atoms with Gasteiger partial charge in [-0.1, -0.05) is 0 Å². The van der Waals surface area contributed by atoms with E-state index in [9.17, 15) is 0 Å². The summed E-state index contributed by atoms with van der Waals surface area (Å²) in [6.07, 6.45) is 6.73. The van der Waals surface area contributed by atoms with Crippen molar-refractivity contribution in [2.45, 2.75) is 37.6 Å². The summed E-state index contributed by atoms with van der Waals surface area (Å²) in [7, 11) is 2.09. The Kier molecular flexibility index (Phi) is 2.37. The van der Waals surface area contributed by atoms with Gasteiger partial charge in [-0.05, 0) is 45.1 Å². The van der Waals surface area contributed by atoms with Gasteiger partial charge in [0.15, 0.2) is 0 Å². The summed E-state index contributed by atoms with van der Waals surface area (Å²) in [5, 5.41) is 3.44. The zero-order chi connectivity index (χ0) is 8.44. The van der Waals surface area contributed by atoms with E-state index in [2.05, 4.69) is 12.4 Å². The fraction of sp³-hybridized carbons (Fsp3) is 1.00. The van der Waals surface area contributed by atoms with Gasteiger partial charge in [0, 0.05) is 18.8 Å². The maximum Gasteiger partial charge on any atom is 0.0494 e. The minimum absolute atomic E-state index is 0.519. The summed E-state index contributed by atoms with van der Waals surface area (Å²) in [5.41, 5.74) is 0.519. The summed E-state index contributed by atoms with van der Waals surface area (Å²) in [5.74, 6) is 0.827. The summed E-state index contributed by atoms with van der Waals surface area (Å²) >= 11 is 0. The van der Waals surface area contributed by atoms with Crippen LogP contribution in [0.15, 0.2) is 0 Å². The van der Waals surface area contributed by atoms with Crippen LogP contribution in [0.25, 0.3) is 0 Å². The van der Waals surface area contributed by atoms with Crippen molar-refractivity contribution in [3.05, 3.63) is 0 Å². The van der Waals surface area contributed by atoms with Gasteiger partial charge in [-0.25, -0.2) is 0 Å². The van der Waals surface area contributed by atoms with Crippen LogP contribution in [0.1, 0.15) is 32.1 Å². The first-order valence-electron chi connectivity index (χ1n) is 5.11. The Balaban J connectivity index is 1.77. The van der Waals surface area contributed by atoms with Crippen molar-refractivity contribution in [1.82, 2.24) is 5.32 Å². The molecule has 1 atom stereocenters. The smallest absolute Gasteiger partial charge is 0.0494 e. The van der Waals surface area contributed by atoms with Crippen LogP contribution >= 0.6 is 0 Å². The van der Waals surface area contributed by atoms with Gasteiger partial charge in [0.1, 0.15) is 0 Å². The number of hydrogen-bond acceptors (Lipinski definition) is 2. The molecule has 1 aliphatic carbocycles. The lowest BCUT2D eigenvalue weighted by Crippen LogP contribution is -2.32. The minimum Gasteiger partial charge on any atom is -0.381 e. The van der Waals surface area contributed by atoms with Crippen molar-refractivity contribution in [3.8, 4) is 0 Å². The van der Waals surface area contributed by atoms with E-state index in [1.54, 1.807) is 0 Å². The van der Waals surface area contributed by atoms with E-state index >= 15 is 0 Å². The molecule has 0 bridgehead atoms. The maximum absolute atomic E-state index is 5.47. The monoisotopic (exact) mass is 169 g/mol. The van der Waals surface area contributed by atoms with Gasteiger partial charge in [0.05, 0.1) is 0 Å². The Morgan fingerprint density at radius 3 is 2.83 bits per heavy atom. The molecule has 0 amide bonds. The molecule has 2 heteroatoms. The largest absolute Gasteiger partial charge is 0.381 e. The molecule has 0 radical (unpaired) electrons. The Morgan fingerprint density at radius 2 is 2.33 bits per heavy atom. The zero-order valence-corrected chi connectivity index (χ0v) is 7.94. The lowest BCUT2D eigenvalue weighted by atomic mass is 9.93. The fourth-order valence-corrected chi connectivity index (χ4v) is 2.23. The van der Waals surface area contributed by atoms with Crippen LogP contribution in [0.2, 0.25) is 0 Å². The van der Waals surface area contributed by atoms with Crippen LogP contribution in [0.4, 0.5) is 0 Å². The molecule has 0 spiro atoms. The molecule has 2 rings (SSSR count). The van der Waals surface area contributed by atoms with Crippen LogP contribution in [-0.4, -0.2) is 25.8 Å². The number of rotatable bonds is 3. The first-order valence-corrected chi connectivity index (χ1v) is 5.11. The van der Waals surface area contributed by atoms with Crippen molar-refractivity contribution in [1.29, 1.82) is 0 Å². The van der Waals surface area contributed by atoms with Crippen molar-refractivity contribution in [2.24, 2.45) is 5.92 Å². The first kappa shape index (κ1) is 8.52. The Hall–Kier alpha value is -0.0800. The summed E-state index contributed by atoms with van der Waals surface area (Å²) in [6, 6.07) is 0. The topological polar surface area (TPSA) is 21.3 Å². The Labute approximate surface area is 74.7 Å². The molecule has 0 aromatic carbocycles. The van der Waals surface area contributed by atoms with Crippen molar-refractivity contribution in [2.75, 3.05) is 20.3 Å². The lowest BCUT2D eigenvalue weighted by Gasteiger charge is -2.26. The second kappa shape index (κ2) is 3.35. The van der Waals surface area contributed by atoms with Gasteiger partial charge >= 0.3 is 0 Å². The van der Waals surface area contributed by atoms with Crippen LogP contribution in [-0.2, 0) is 4.74 Å². The zero-order valence-electron chi connectivity index (χ0n) is 7.94. The molecule has 0 aromatic heterocycles. The van der Waals surface area contributed by atoms with Crippen LogP contribution in [0, 0.1) is 5.92 Å². The SMILES string of the molecule is CNC1(CC2CCCOC2)CC1. The van der Waals surface area contributed by atoms with Gasteiger partial charge < -0.3 is 10.1 Å². The highest BCUT2D eigenvalue weighted by molar-refractivity contribution is 5.02. The molecule has 1 aliphatic heterocycles. The van der Waals surface area contributed by atoms with E-state index in [1.165, 1.54) is 32.1 Å². The minimum atomic E-state index is 0.519. The van der Waals surface area contributed by atoms with Crippen LogP contribution in [0.3, 0.4) is 0 Å². The summed E-state index contributed by atoms with van der Waals surface area (Å²) in [6.45, 7) is 1.99. The molecule has 2 fully saturated rings. The molecule has 12 heavy (non-hydrogen) atoms. The summed E-state index contributed by atoms with van der Waals surface area (Å²) in [4.78, 5) is 0. The average molecular weight is 169 g/mol. The molecule has 1 saturated heterocycles. The second-order valence-corrected chi connectivity index (χ2v) is 4.32. The second-order valence-electron chi connectivity index (χ2n) is 4.32. The van der Waals surface area contributed by atoms with Gasteiger partial charge in [-0.2, -0.15) is 0 Å². The van der Waals surface area contributed by atoms with E-state index in [0.717, 1.165) is 19.1 Å². The molecule has 1 unspecified atom stereocenters. The molecule has 1 saturated carbocycles. The van der Waals surface area contributed by atoms with Gasteiger partial charge in [-0.3, -0.25) is 0 Å². The maximum atomic E-state index is 5.47. The predicted molar refractivity (Wildman–Crippen MR) is 49.2 cm³/mol. The standard InChI is InChI=1S/C10H19NO/c1-11-10(4-5-10)7-9-3-2-6-12-8-9/h9,11H,2-8H2,1H3. The molecular weight excluding hydrogens is 150 g/mol. The highest BCUT2D eigenvalue weighted by Crippen LogP contribution is 2.41. The van der Waals surface area contributed by atoms with Crippen molar-refractivity contribution >= 4 is 0 Å². The number of hydrogen-bond donors (Lipinski definition) is 1. The van der Waals surface area contributed by atoms with E-state index in [-0.39, 0.29) is 0 Å². The number of ether oxygens (including phenoxy) is 1. The van der Waals surface area contributed by atoms with Crippen molar-refractivity contribution < 1.29 is 4.74 Å². The molecule has 1 N–H and O–H groups in total.